The molecule has 1 fully saturated rings. The lowest BCUT2D eigenvalue weighted by molar-refractivity contribution is 0.448. The molecule has 130 valence electrons. The third-order valence-corrected chi connectivity index (χ3v) is 7.89. The van der Waals surface area contributed by atoms with E-state index in [0.29, 0.717) is 13.1 Å². The molecule has 0 amide bonds. The highest BCUT2D eigenvalue weighted by molar-refractivity contribution is 7.92. The summed E-state index contributed by atoms with van der Waals surface area (Å²) in [6, 6.07) is 5.77. The fourth-order valence-electron chi connectivity index (χ4n) is 2.68. The van der Waals surface area contributed by atoms with Crippen molar-refractivity contribution in [1.82, 2.24) is 13.9 Å². The number of rotatable bonds is 6. The average molecular weight is 361 g/mol. The fourth-order valence-corrected chi connectivity index (χ4v) is 5.88. The SMILES string of the molecule is CNCC1CCN(S(=O)(=O)c2ccccc2S(=O)(=O)N(C)C)C1. The molecule has 2 rings (SSSR count). The Morgan fingerprint density at radius 2 is 1.78 bits per heavy atom. The van der Waals surface area contributed by atoms with Gasteiger partial charge in [-0.2, -0.15) is 4.31 Å². The van der Waals surface area contributed by atoms with E-state index in [9.17, 15) is 16.8 Å². The van der Waals surface area contributed by atoms with Crippen LogP contribution in [0.1, 0.15) is 6.42 Å². The smallest absolute Gasteiger partial charge is 0.244 e. The molecule has 0 bridgehead atoms. The highest BCUT2D eigenvalue weighted by Crippen LogP contribution is 2.29. The van der Waals surface area contributed by atoms with Gasteiger partial charge in [-0.3, -0.25) is 0 Å². The first-order valence-corrected chi connectivity index (χ1v) is 10.3. The van der Waals surface area contributed by atoms with E-state index >= 15 is 0 Å². The van der Waals surface area contributed by atoms with Crippen molar-refractivity contribution < 1.29 is 16.8 Å². The molecule has 1 heterocycles. The summed E-state index contributed by atoms with van der Waals surface area (Å²) >= 11 is 0. The summed E-state index contributed by atoms with van der Waals surface area (Å²) in [7, 11) is -3.06. The maximum absolute atomic E-state index is 12.9. The van der Waals surface area contributed by atoms with E-state index in [1.54, 1.807) is 6.07 Å². The monoisotopic (exact) mass is 361 g/mol. The molecule has 1 aliphatic rings. The zero-order chi connectivity index (χ0) is 17.3. The van der Waals surface area contributed by atoms with Crippen molar-refractivity contribution in [3.05, 3.63) is 24.3 Å². The summed E-state index contributed by atoms with van der Waals surface area (Å²) in [5.74, 6) is 0.243. The molecular formula is C14H23N3O4S2. The lowest BCUT2D eigenvalue weighted by Crippen LogP contribution is -2.32. The van der Waals surface area contributed by atoms with Crippen molar-refractivity contribution in [2.75, 3.05) is 40.8 Å². The Morgan fingerprint density at radius 1 is 1.17 bits per heavy atom. The van der Waals surface area contributed by atoms with Crippen molar-refractivity contribution in [1.29, 1.82) is 0 Å². The second kappa shape index (κ2) is 6.86. The van der Waals surface area contributed by atoms with Gasteiger partial charge in [-0.1, -0.05) is 12.1 Å². The van der Waals surface area contributed by atoms with Crippen molar-refractivity contribution in [2.45, 2.75) is 16.2 Å². The van der Waals surface area contributed by atoms with Gasteiger partial charge < -0.3 is 5.32 Å². The minimum atomic E-state index is -3.84. The number of sulfonamides is 2. The third-order valence-electron chi connectivity index (χ3n) is 3.97. The van der Waals surface area contributed by atoms with Crippen LogP contribution in [0.4, 0.5) is 0 Å². The van der Waals surface area contributed by atoms with Crippen LogP contribution in [0, 0.1) is 5.92 Å². The molecular weight excluding hydrogens is 338 g/mol. The van der Waals surface area contributed by atoms with Crippen LogP contribution in [-0.4, -0.2) is 66.2 Å². The van der Waals surface area contributed by atoms with Gasteiger partial charge in [0.25, 0.3) is 0 Å². The van der Waals surface area contributed by atoms with Crippen LogP contribution in [-0.2, 0) is 20.0 Å². The first-order valence-electron chi connectivity index (χ1n) is 7.37. The van der Waals surface area contributed by atoms with Gasteiger partial charge in [-0.25, -0.2) is 21.1 Å². The third kappa shape index (κ3) is 3.58. The molecule has 7 nitrogen and oxygen atoms in total. The van der Waals surface area contributed by atoms with Crippen molar-refractivity contribution in [3.63, 3.8) is 0 Å². The Kier molecular flexibility index (Phi) is 5.47. The standard InChI is InChI=1S/C14H23N3O4S2/c1-15-10-12-8-9-17(11-12)23(20,21)14-7-5-4-6-13(14)22(18,19)16(2)3/h4-7,12,15H,8-11H2,1-3H3. The molecule has 1 atom stereocenters. The molecule has 1 N–H and O–H groups in total. The van der Waals surface area contributed by atoms with Gasteiger partial charge in [0.05, 0.1) is 0 Å². The molecule has 0 spiro atoms. The highest BCUT2D eigenvalue weighted by Gasteiger charge is 2.36. The number of nitrogens with one attached hydrogen (secondary N) is 1. The summed E-state index contributed by atoms with van der Waals surface area (Å²) in [6.07, 6.45) is 0.767. The molecule has 0 radical (unpaired) electrons. The number of hydrogen-bond donors (Lipinski definition) is 1. The zero-order valence-electron chi connectivity index (χ0n) is 13.6. The molecule has 0 saturated carbocycles. The van der Waals surface area contributed by atoms with Crippen LogP contribution < -0.4 is 5.32 Å². The largest absolute Gasteiger partial charge is 0.319 e. The summed E-state index contributed by atoms with van der Waals surface area (Å²) < 4.78 is 53.0. The number of hydrogen-bond acceptors (Lipinski definition) is 5. The van der Waals surface area contributed by atoms with Gasteiger partial charge in [-0.05, 0) is 38.1 Å². The summed E-state index contributed by atoms with van der Waals surface area (Å²) in [5, 5.41) is 3.05. The van der Waals surface area contributed by atoms with E-state index in [2.05, 4.69) is 5.32 Å². The van der Waals surface area contributed by atoms with Crippen LogP contribution >= 0.6 is 0 Å². The molecule has 23 heavy (non-hydrogen) atoms. The van der Waals surface area contributed by atoms with Crippen LogP contribution in [0.3, 0.4) is 0 Å². The normalized spacial score (nSPS) is 20.3. The van der Waals surface area contributed by atoms with Crippen molar-refractivity contribution >= 4 is 20.0 Å². The summed E-state index contributed by atoms with van der Waals surface area (Å²) in [5.41, 5.74) is 0. The highest BCUT2D eigenvalue weighted by atomic mass is 32.2. The van der Waals surface area contributed by atoms with Crippen LogP contribution in [0.5, 0.6) is 0 Å². The maximum Gasteiger partial charge on any atom is 0.244 e. The summed E-state index contributed by atoms with van der Waals surface area (Å²) in [4.78, 5) is -0.333. The quantitative estimate of drug-likeness (QED) is 0.780. The Labute approximate surface area is 138 Å². The van der Waals surface area contributed by atoms with Gasteiger partial charge in [0.2, 0.25) is 20.0 Å². The van der Waals surface area contributed by atoms with E-state index in [4.69, 9.17) is 0 Å². The second-order valence-electron chi connectivity index (χ2n) is 5.81. The Hall–Kier alpha value is -1.00. The number of nitrogens with zero attached hydrogens (tertiary/aromatic N) is 2. The predicted octanol–water partition coefficient (Wildman–Crippen LogP) is 0.167. The second-order valence-corrected chi connectivity index (χ2v) is 9.84. The molecule has 1 aromatic rings. The van der Waals surface area contributed by atoms with Crippen molar-refractivity contribution in [3.8, 4) is 0 Å². The lowest BCUT2D eigenvalue weighted by atomic mass is 10.1. The fraction of sp³-hybridized carbons (Fsp3) is 0.571. The topological polar surface area (TPSA) is 86.8 Å². The first kappa shape index (κ1) is 18.3. The van der Waals surface area contributed by atoms with Crippen LogP contribution in [0.15, 0.2) is 34.1 Å². The Balaban J connectivity index is 2.43. The minimum absolute atomic E-state index is 0.154. The molecule has 0 aromatic heterocycles. The zero-order valence-corrected chi connectivity index (χ0v) is 15.2. The van der Waals surface area contributed by atoms with E-state index in [1.165, 1.54) is 36.6 Å². The van der Waals surface area contributed by atoms with E-state index in [0.717, 1.165) is 17.3 Å². The Bertz CT molecular complexity index is 760. The molecule has 9 heteroatoms. The predicted molar refractivity (Wildman–Crippen MR) is 88.1 cm³/mol. The first-order chi connectivity index (χ1) is 10.7. The molecule has 1 saturated heterocycles. The molecule has 1 aliphatic heterocycles. The van der Waals surface area contributed by atoms with Gasteiger partial charge in [0.1, 0.15) is 9.79 Å². The average Bonchev–Trinajstić information content (AvgIpc) is 2.97. The van der Waals surface area contributed by atoms with Crippen LogP contribution in [0.2, 0.25) is 0 Å². The maximum atomic E-state index is 12.9. The van der Waals surface area contributed by atoms with Gasteiger partial charge in [0, 0.05) is 27.2 Å². The molecule has 0 aliphatic carbocycles. The minimum Gasteiger partial charge on any atom is -0.319 e. The van der Waals surface area contributed by atoms with Gasteiger partial charge >= 0.3 is 0 Å². The van der Waals surface area contributed by atoms with Crippen molar-refractivity contribution in [2.24, 2.45) is 5.92 Å². The lowest BCUT2D eigenvalue weighted by Gasteiger charge is -2.20. The van der Waals surface area contributed by atoms with E-state index in [-0.39, 0.29) is 15.7 Å². The van der Waals surface area contributed by atoms with E-state index < -0.39 is 20.0 Å². The van der Waals surface area contributed by atoms with Gasteiger partial charge in [-0.15, -0.1) is 0 Å². The van der Waals surface area contributed by atoms with Gasteiger partial charge in [0.15, 0.2) is 0 Å². The number of benzene rings is 1. The van der Waals surface area contributed by atoms with Crippen LogP contribution in [0.25, 0.3) is 0 Å². The summed E-state index contributed by atoms with van der Waals surface area (Å²) in [6.45, 7) is 1.55. The van der Waals surface area contributed by atoms with E-state index in [1.807, 2.05) is 7.05 Å². The molecule has 1 unspecified atom stereocenters. The Morgan fingerprint density at radius 3 is 2.35 bits per heavy atom. The molecule has 1 aromatic carbocycles.